The minimum atomic E-state index is -0.0929. The molecule has 0 saturated carbocycles. The van der Waals surface area contributed by atoms with Crippen LogP contribution in [0.1, 0.15) is 33.2 Å². The topological polar surface area (TPSA) is 34.9 Å². The minimum Gasteiger partial charge on any atom is -0.316 e. The molecule has 0 unspecified atom stereocenters. The Morgan fingerprint density at radius 1 is 0.778 bits per heavy atom. The molecule has 132 valence electrons. The highest BCUT2D eigenvalue weighted by Gasteiger charge is 2.22. The molecule has 4 rings (SSSR count). The van der Waals surface area contributed by atoms with Gasteiger partial charge in [-0.25, -0.2) is 4.98 Å². The Labute approximate surface area is 158 Å². The van der Waals surface area contributed by atoms with Crippen molar-refractivity contribution in [3.63, 3.8) is 0 Å². The summed E-state index contributed by atoms with van der Waals surface area (Å²) in [5, 5.41) is 0. The second-order valence-corrected chi connectivity index (χ2v) is 6.50. The lowest BCUT2D eigenvalue weighted by atomic mass is 9.97. The fourth-order valence-electron chi connectivity index (χ4n) is 3.38. The zero-order chi connectivity index (χ0) is 18.5. The van der Waals surface area contributed by atoms with Crippen molar-refractivity contribution in [3.8, 4) is 0 Å². The number of Topliss-reactive ketones (excluding diaryl/α,β-unsaturated/α-hetero) is 1. The number of rotatable bonds is 6. The fraction of sp³-hybridized carbons (Fsp3) is 0.0833. The second kappa shape index (κ2) is 7.83. The number of carbonyl (C=O) groups excluding carboxylic acids is 1. The largest absolute Gasteiger partial charge is 0.316 e. The van der Waals surface area contributed by atoms with Gasteiger partial charge in [-0.1, -0.05) is 91.0 Å². The van der Waals surface area contributed by atoms with Crippen LogP contribution in [-0.2, 0) is 6.42 Å². The monoisotopic (exact) mass is 352 g/mol. The molecule has 0 aliphatic rings. The summed E-state index contributed by atoms with van der Waals surface area (Å²) in [5.41, 5.74) is 3.87. The summed E-state index contributed by atoms with van der Waals surface area (Å²) in [5.74, 6) is 0.0653. The predicted molar refractivity (Wildman–Crippen MR) is 107 cm³/mol. The molecule has 1 heterocycles. The molecule has 0 saturated heterocycles. The molecule has 0 fully saturated rings. The Bertz CT molecular complexity index is 968. The Kier molecular flexibility index (Phi) is 4.93. The molecule has 1 aromatic heterocycles. The molecule has 0 N–H and O–H groups in total. The van der Waals surface area contributed by atoms with E-state index in [2.05, 4.69) is 29.2 Å². The number of hydrogen-bond donors (Lipinski definition) is 0. The molecule has 0 aliphatic carbocycles. The van der Waals surface area contributed by atoms with Crippen molar-refractivity contribution < 1.29 is 4.79 Å². The maximum atomic E-state index is 13.0. The van der Waals surface area contributed by atoms with Gasteiger partial charge in [-0.3, -0.25) is 4.79 Å². The van der Waals surface area contributed by atoms with Crippen molar-refractivity contribution in [1.82, 2.24) is 9.55 Å². The van der Waals surface area contributed by atoms with Crippen molar-refractivity contribution >= 4 is 5.78 Å². The van der Waals surface area contributed by atoms with Crippen molar-refractivity contribution in [2.24, 2.45) is 0 Å². The van der Waals surface area contributed by atoms with Crippen molar-refractivity contribution in [1.29, 1.82) is 0 Å². The van der Waals surface area contributed by atoms with Crippen LogP contribution in [0.25, 0.3) is 0 Å². The summed E-state index contributed by atoms with van der Waals surface area (Å²) < 4.78 is 1.98. The third kappa shape index (κ3) is 3.72. The summed E-state index contributed by atoms with van der Waals surface area (Å²) in [7, 11) is 0. The van der Waals surface area contributed by atoms with Gasteiger partial charge in [0, 0.05) is 6.42 Å². The van der Waals surface area contributed by atoms with Crippen LogP contribution in [0.5, 0.6) is 0 Å². The molecule has 0 spiro atoms. The Balaban J connectivity index is 1.74. The van der Waals surface area contributed by atoms with Crippen LogP contribution in [0.15, 0.2) is 104 Å². The molecular weight excluding hydrogens is 332 g/mol. The average molecular weight is 352 g/mol. The highest BCUT2D eigenvalue weighted by atomic mass is 16.1. The van der Waals surface area contributed by atoms with E-state index >= 15 is 0 Å². The number of benzene rings is 3. The van der Waals surface area contributed by atoms with E-state index in [0.717, 1.165) is 16.7 Å². The SMILES string of the molecule is O=C(Cc1ccccc1)c1cncn1C(c1ccccc1)c1ccccc1. The molecule has 3 heteroatoms. The van der Waals surface area contributed by atoms with E-state index in [1.54, 1.807) is 12.5 Å². The molecule has 0 aliphatic heterocycles. The predicted octanol–water partition coefficient (Wildman–Crippen LogP) is 4.95. The summed E-state index contributed by atoms with van der Waals surface area (Å²) in [6.07, 6.45) is 3.79. The van der Waals surface area contributed by atoms with E-state index < -0.39 is 0 Å². The van der Waals surface area contributed by atoms with Crippen LogP contribution >= 0.6 is 0 Å². The number of nitrogens with zero attached hydrogens (tertiary/aromatic N) is 2. The normalized spacial score (nSPS) is 10.9. The molecule has 0 amide bonds. The van der Waals surface area contributed by atoms with E-state index in [1.807, 2.05) is 71.3 Å². The molecule has 0 atom stereocenters. The Hall–Kier alpha value is -3.46. The van der Waals surface area contributed by atoms with E-state index in [1.165, 1.54) is 0 Å². The van der Waals surface area contributed by atoms with E-state index in [9.17, 15) is 4.79 Å². The van der Waals surface area contributed by atoms with E-state index in [0.29, 0.717) is 12.1 Å². The molecule has 0 radical (unpaired) electrons. The van der Waals surface area contributed by atoms with Crippen LogP contribution in [0.4, 0.5) is 0 Å². The van der Waals surface area contributed by atoms with Gasteiger partial charge in [-0.15, -0.1) is 0 Å². The van der Waals surface area contributed by atoms with Gasteiger partial charge in [-0.2, -0.15) is 0 Å². The summed E-state index contributed by atoms with van der Waals surface area (Å²) in [4.78, 5) is 17.3. The first-order valence-electron chi connectivity index (χ1n) is 9.02. The van der Waals surface area contributed by atoms with Crippen LogP contribution in [-0.4, -0.2) is 15.3 Å². The molecular formula is C24H20N2O. The number of ketones is 1. The Morgan fingerprint density at radius 2 is 1.30 bits per heavy atom. The molecule has 3 nitrogen and oxygen atoms in total. The number of hydrogen-bond acceptors (Lipinski definition) is 2. The smallest absolute Gasteiger partial charge is 0.185 e. The van der Waals surface area contributed by atoms with Gasteiger partial charge in [0.05, 0.1) is 18.6 Å². The minimum absolute atomic E-state index is 0.0653. The number of carbonyl (C=O) groups is 1. The summed E-state index contributed by atoms with van der Waals surface area (Å²) >= 11 is 0. The summed E-state index contributed by atoms with van der Waals surface area (Å²) in [6, 6.07) is 30.2. The molecule has 27 heavy (non-hydrogen) atoms. The second-order valence-electron chi connectivity index (χ2n) is 6.50. The van der Waals surface area contributed by atoms with E-state index in [-0.39, 0.29) is 11.8 Å². The van der Waals surface area contributed by atoms with Crippen molar-refractivity contribution in [2.75, 3.05) is 0 Å². The molecule has 3 aromatic carbocycles. The molecule has 0 bridgehead atoms. The first kappa shape index (κ1) is 17.0. The first-order chi connectivity index (χ1) is 13.3. The fourth-order valence-corrected chi connectivity index (χ4v) is 3.38. The van der Waals surface area contributed by atoms with Crippen molar-refractivity contribution in [3.05, 3.63) is 126 Å². The lowest BCUT2D eigenvalue weighted by Gasteiger charge is -2.22. The zero-order valence-corrected chi connectivity index (χ0v) is 14.9. The van der Waals surface area contributed by atoms with Crippen LogP contribution in [0.3, 0.4) is 0 Å². The zero-order valence-electron chi connectivity index (χ0n) is 14.9. The highest BCUT2D eigenvalue weighted by molar-refractivity contribution is 5.96. The van der Waals surface area contributed by atoms with Gasteiger partial charge in [0.2, 0.25) is 0 Å². The van der Waals surface area contributed by atoms with Gasteiger partial charge in [0.1, 0.15) is 5.69 Å². The van der Waals surface area contributed by atoms with E-state index in [4.69, 9.17) is 0 Å². The molecule has 4 aromatic rings. The number of imidazole rings is 1. The average Bonchev–Trinajstić information content (AvgIpc) is 3.20. The maximum absolute atomic E-state index is 13.0. The third-order valence-corrected chi connectivity index (χ3v) is 4.67. The van der Waals surface area contributed by atoms with Gasteiger partial charge in [0.25, 0.3) is 0 Å². The van der Waals surface area contributed by atoms with Crippen LogP contribution < -0.4 is 0 Å². The van der Waals surface area contributed by atoms with Gasteiger partial charge in [0.15, 0.2) is 5.78 Å². The quantitative estimate of drug-likeness (QED) is 0.460. The van der Waals surface area contributed by atoms with Crippen molar-refractivity contribution in [2.45, 2.75) is 12.5 Å². The Morgan fingerprint density at radius 3 is 1.85 bits per heavy atom. The standard InChI is InChI=1S/C24H20N2O/c27-23(16-19-10-4-1-5-11-19)22-17-25-18-26(22)24(20-12-6-2-7-13-20)21-14-8-3-9-15-21/h1-15,17-18,24H,16H2. The first-order valence-corrected chi connectivity index (χ1v) is 9.02. The van der Waals surface area contributed by atoms with Crippen LogP contribution in [0, 0.1) is 0 Å². The van der Waals surface area contributed by atoms with Gasteiger partial charge in [-0.05, 0) is 16.7 Å². The third-order valence-electron chi connectivity index (χ3n) is 4.67. The lowest BCUT2D eigenvalue weighted by molar-refractivity contribution is 0.0983. The highest BCUT2D eigenvalue weighted by Crippen LogP contribution is 2.28. The maximum Gasteiger partial charge on any atom is 0.185 e. The summed E-state index contributed by atoms with van der Waals surface area (Å²) in [6.45, 7) is 0. The van der Waals surface area contributed by atoms with Crippen LogP contribution in [0.2, 0.25) is 0 Å². The van der Waals surface area contributed by atoms with Gasteiger partial charge < -0.3 is 4.57 Å². The number of aromatic nitrogens is 2. The van der Waals surface area contributed by atoms with Gasteiger partial charge >= 0.3 is 0 Å². The lowest BCUT2D eigenvalue weighted by Crippen LogP contribution is -2.18.